The van der Waals surface area contributed by atoms with Crippen molar-refractivity contribution in [3.05, 3.63) is 0 Å². The Labute approximate surface area is 96.6 Å². The van der Waals surface area contributed by atoms with Gasteiger partial charge in [0.25, 0.3) is 0 Å². The van der Waals surface area contributed by atoms with Gasteiger partial charge < -0.3 is 15.7 Å². The van der Waals surface area contributed by atoms with Crippen molar-refractivity contribution < 1.29 is 14.7 Å². The van der Waals surface area contributed by atoms with Crippen molar-refractivity contribution in [2.24, 2.45) is 5.92 Å². The van der Waals surface area contributed by atoms with Crippen molar-refractivity contribution in [1.29, 1.82) is 0 Å². The molecule has 0 saturated carbocycles. The van der Waals surface area contributed by atoms with Gasteiger partial charge >= 0.3 is 5.97 Å². The Morgan fingerprint density at radius 2 is 2.00 bits per heavy atom. The van der Waals surface area contributed by atoms with Crippen LogP contribution in [0, 0.1) is 5.92 Å². The molecule has 1 unspecified atom stereocenters. The molecule has 0 saturated heterocycles. The van der Waals surface area contributed by atoms with Crippen LogP contribution in [0.3, 0.4) is 0 Å². The fraction of sp³-hybridized carbons (Fsp3) is 0.818. The number of carbonyl (C=O) groups is 2. The molecule has 3 N–H and O–H groups in total. The second-order valence-electron chi connectivity index (χ2n) is 4.02. The third-order valence-electron chi connectivity index (χ3n) is 2.55. The van der Waals surface area contributed by atoms with Crippen molar-refractivity contribution in [1.82, 2.24) is 10.6 Å². The van der Waals surface area contributed by atoms with Crippen LogP contribution in [0.4, 0.5) is 0 Å². The molecule has 5 heteroatoms. The van der Waals surface area contributed by atoms with E-state index in [0.29, 0.717) is 19.4 Å². The van der Waals surface area contributed by atoms with Gasteiger partial charge in [0.1, 0.15) is 6.04 Å². The summed E-state index contributed by atoms with van der Waals surface area (Å²) in [6.45, 7) is 4.45. The molecule has 0 aromatic carbocycles. The summed E-state index contributed by atoms with van der Waals surface area (Å²) in [5, 5.41) is 14.3. The number of aliphatic carboxylic acids is 1. The van der Waals surface area contributed by atoms with Crippen LogP contribution in [0.1, 0.15) is 33.1 Å². The summed E-state index contributed by atoms with van der Waals surface area (Å²) in [5.41, 5.74) is 0. The van der Waals surface area contributed by atoms with Gasteiger partial charge in [0.15, 0.2) is 0 Å². The highest BCUT2D eigenvalue weighted by Gasteiger charge is 2.14. The highest BCUT2D eigenvalue weighted by Crippen LogP contribution is 2.06. The number of carboxylic acid groups (broad SMARTS) is 1. The van der Waals surface area contributed by atoms with Gasteiger partial charge in [0, 0.05) is 13.5 Å². The van der Waals surface area contributed by atoms with Crippen LogP contribution in [-0.2, 0) is 9.59 Å². The molecule has 0 aliphatic carbocycles. The van der Waals surface area contributed by atoms with E-state index in [2.05, 4.69) is 10.6 Å². The summed E-state index contributed by atoms with van der Waals surface area (Å²) in [5.74, 6) is -0.530. The minimum Gasteiger partial charge on any atom is -0.480 e. The first-order chi connectivity index (χ1) is 7.51. The van der Waals surface area contributed by atoms with Crippen LogP contribution in [0.5, 0.6) is 0 Å². The van der Waals surface area contributed by atoms with Crippen molar-refractivity contribution in [2.45, 2.75) is 39.2 Å². The monoisotopic (exact) mass is 230 g/mol. The van der Waals surface area contributed by atoms with Gasteiger partial charge in [-0.1, -0.05) is 13.8 Å². The van der Waals surface area contributed by atoms with E-state index in [1.54, 1.807) is 7.05 Å². The molecule has 0 aromatic heterocycles. The molecule has 0 fully saturated rings. The Hall–Kier alpha value is -1.10. The number of hydrogen-bond donors (Lipinski definition) is 3. The van der Waals surface area contributed by atoms with Gasteiger partial charge in [0.05, 0.1) is 0 Å². The largest absolute Gasteiger partial charge is 0.480 e. The van der Waals surface area contributed by atoms with Crippen LogP contribution >= 0.6 is 0 Å². The predicted octanol–water partition coefficient (Wildman–Crippen LogP) is 0.602. The lowest BCUT2D eigenvalue weighted by molar-refractivity contribution is -0.139. The highest BCUT2D eigenvalue weighted by molar-refractivity contribution is 5.75. The van der Waals surface area contributed by atoms with Gasteiger partial charge in [-0.05, 0) is 25.3 Å². The Balaban J connectivity index is 3.72. The summed E-state index contributed by atoms with van der Waals surface area (Å²) in [6.07, 6.45) is 1.86. The van der Waals surface area contributed by atoms with Gasteiger partial charge in [-0.25, -0.2) is 0 Å². The molecule has 0 spiro atoms. The Morgan fingerprint density at radius 1 is 1.38 bits per heavy atom. The second-order valence-corrected chi connectivity index (χ2v) is 4.02. The Bertz CT molecular complexity index is 231. The molecule has 0 aliphatic rings. The first-order valence-corrected chi connectivity index (χ1v) is 5.68. The first kappa shape index (κ1) is 14.9. The van der Waals surface area contributed by atoms with E-state index in [4.69, 9.17) is 5.11 Å². The van der Waals surface area contributed by atoms with Gasteiger partial charge in [-0.2, -0.15) is 0 Å². The van der Waals surface area contributed by atoms with Crippen LogP contribution in [-0.4, -0.2) is 36.6 Å². The van der Waals surface area contributed by atoms with Crippen molar-refractivity contribution in [3.63, 3.8) is 0 Å². The molecule has 1 amide bonds. The zero-order valence-electron chi connectivity index (χ0n) is 10.2. The Kier molecular flexibility index (Phi) is 7.54. The maximum Gasteiger partial charge on any atom is 0.320 e. The van der Waals surface area contributed by atoms with Crippen LogP contribution in [0.2, 0.25) is 0 Å². The standard InChI is InChI=1S/C11H22N2O3/c1-4-9(11(15)16)13-6-5-8(2)7-10(14)12-3/h8-9,13H,4-7H2,1-3H3,(H,12,14)(H,15,16)/t8?,9-/m1/s1. The van der Waals surface area contributed by atoms with E-state index in [9.17, 15) is 9.59 Å². The highest BCUT2D eigenvalue weighted by atomic mass is 16.4. The number of rotatable bonds is 8. The molecule has 0 aliphatic heterocycles. The maximum atomic E-state index is 11.1. The fourth-order valence-electron chi connectivity index (χ4n) is 1.43. The molecular weight excluding hydrogens is 208 g/mol. The molecule has 0 rings (SSSR count). The smallest absolute Gasteiger partial charge is 0.320 e. The van der Waals surface area contributed by atoms with E-state index in [-0.39, 0.29) is 11.8 Å². The van der Waals surface area contributed by atoms with Crippen molar-refractivity contribution in [2.75, 3.05) is 13.6 Å². The summed E-state index contributed by atoms with van der Waals surface area (Å²) >= 11 is 0. The number of hydrogen-bond acceptors (Lipinski definition) is 3. The zero-order chi connectivity index (χ0) is 12.6. The van der Waals surface area contributed by atoms with Gasteiger partial charge in [-0.15, -0.1) is 0 Å². The van der Waals surface area contributed by atoms with E-state index in [0.717, 1.165) is 6.42 Å². The SMILES string of the molecule is CC[C@@H](NCCC(C)CC(=O)NC)C(=O)O. The summed E-state index contributed by atoms with van der Waals surface area (Å²) < 4.78 is 0. The van der Waals surface area contributed by atoms with Crippen LogP contribution in [0.25, 0.3) is 0 Å². The van der Waals surface area contributed by atoms with E-state index < -0.39 is 12.0 Å². The van der Waals surface area contributed by atoms with E-state index in [1.807, 2.05) is 13.8 Å². The second kappa shape index (κ2) is 8.10. The molecule has 2 atom stereocenters. The van der Waals surface area contributed by atoms with Crippen LogP contribution < -0.4 is 10.6 Å². The summed E-state index contributed by atoms with van der Waals surface area (Å²) in [7, 11) is 1.62. The lowest BCUT2D eigenvalue weighted by Gasteiger charge is -2.14. The molecule has 0 bridgehead atoms. The molecule has 94 valence electrons. The molecule has 0 aromatic rings. The summed E-state index contributed by atoms with van der Waals surface area (Å²) in [4.78, 5) is 21.8. The molecule has 5 nitrogen and oxygen atoms in total. The van der Waals surface area contributed by atoms with Crippen molar-refractivity contribution in [3.8, 4) is 0 Å². The number of carboxylic acids is 1. The molecular formula is C11H22N2O3. The zero-order valence-corrected chi connectivity index (χ0v) is 10.2. The lowest BCUT2D eigenvalue weighted by atomic mass is 10.0. The lowest BCUT2D eigenvalue weighted by Crippen LogP contribution is -2.37. The minimum atomic E-state index is -0.818. The summed E-state index contributed by atoms with van der Waals surface area (Å²) in [6, 6.07) is -0.479. The van der Waals surface area contributed by atoms with E-state index in [1.165, 1.54) is 0 Å². The predicted molar refractivity (Wildman–Crippen MR) is 62.2 cm³/mol. The van der Waals surface area contributed by atoms with E-state index >= 15 is 0 Å². The average molecular weight is 230 g/mol. The average Bonchev–Trinajstić information content (AvgIpc) is 2.23. The minimum absolute atomic E-state index is 0.0257. The molecule has 16 heavy (non-hydrogen) atoms. The molecule has 0 heterocycles. The third-order valence-corrected chi connectivity index (χ3v) is 2.55. The van der Waals surface area contributed by atoms with Gasteiger partial charge in [-0.3, -0.25) is 9.59 Å². The van der Waals surface area contributed by atoms with Crippen molar-refractivity contribution >= 4 is 11.9 Å². The van der Waals surface area contributed by atoms with Gasteiger partial charge in [0.2, 0.25) is 5.91 Å². The quantitative estimate of drug-likeness (QED) is 0.570. The topological polar surface area (TPSA) is 78.4 Å². The first-order valence-electron chi connectivity index (χ1n) is 5.68. The maximum absolute atomic E-state index is 11.1. The number of carbonyl (C=O) groups excluding carboxylic acids is 1. The third kappa shape index (κ3) is 6.40. The normalized spacial score (nSPS) is 14.2. The van der Waals surface area contributed by atoms with Crippen LogP contribution in [0.15, 0.2) is 0 Å². The Morgan fingerprint density at radius 3 is 2.44 bits per heavy atom. The number of nitrogens with one attached hydrogen (secondary N) is 2. The molecule has 0 radical (unpaired) electrons. The fourth-order valence-corrected chi connectivity index (χ4v) is 1.43. The number of amides is 1.